The predicted molar refractivity (Wildman–Crippen MR) is 250 cm³/mol. The molecule has 1 aliphatic carbocycles. The number of aromatic nitrogens is 1. The topological polar surface area (TPSA) is 44.1 Å². The maximum absolute atomic E-state index is 6.31. The molecule has 0 amide bonds. The molecule has 1 unspecified atom stereocenters. The molecule has 0 fully saturated rings. The normalized spacial score (nSPS) is 15.0. The van der Waals surface area contributed by atoms with E-state index in [1.807, 2.05) is 61.6 Å². The zero-order chi connectivity index (χ0) is 39.7. The van der Waals surface area contributed by atoms with Crippen molar-refractivity contribution in [3.05, 3.63) is 235 Å². The van der Waals surface area contributed by atoms with Gasteiger partial charge in [-0.3, -0.25) is 0 Å². The molecule has 1 aliphatic rings. The molecule has 0 saturated carbocycles. The lowest BCUT2D eigenvalue weighted by Crippen LogP contribution is -1.96. The third-order valence-electron chi connectivity index (χ3n) is 10.6. The Morgan fingerprint density at radius 1 is 0.707 bits per heavy atom. The number of allylic oxidation sites excluding steroid dienone is 12. The fraction of sp³-hybridized carbons (Fsp3) is 0.0545. The number of furan rings is 1. The lowest BCUT2D eigenvalue weighted by Gasteiger charge is -2.14. The van der Waals surface area contributed by atoms with E-state index in [-0.39, 0.29) is 5.92 Å². The van der Waals surface area contributed by atoms with Crippen molar-refractivity contribution in [3.63, 3.8) is 0 Å². The molecule has 5 aromatic carbocycles. The summed E-state index contributed by atoms with van der Waals surface area (Å²) in [6.45, 7) is 6.04. The predicted octanol–water partition coefficient (Wildman–Crippen LogP) is 14.5. The van der Waals surface area contributed by atoms with E-state index in [1.54, 1.807) is 6.08 Å². The van der Waals surface area contributed by atoms with Gasteiger partial charge < -0.3 is 14.7 Å². The number of hydrogen-bond donors (Lipinski definition) is 1. The molecule has 8 rings (SSSR count). The van der Waals surface area contributed by atoms with Crippen LogP contribution in [0.3, 0.4) is 0 Å². The van der Waals surface area contributed by atoms with Gasteiger partial charge in [0.1, 0.15) is 11.5 Å². The third kappa shape index (κ3) is 7.98. The van der Waals surface area contributed by atoms with Crippen molar-refractivity contribution in [2.24, 2.45) is 11.7 Å². The Bertz CT molecular complexity index is 2810. The molecule has 0 radical (unpaired) electrons. The molecule has 0 aliphatic heterocycles. The van der Waals surface area contributed by atoms with Crippen LogP contribution in [0.4, 0.5) is 0 Å². The van der Waals surface area contributed by atoms with Crippen LogP contribution in [-0.2, 0) is 0 Å². The van der Waals surface area contributed by atoms with Crippen LogP contribution in [0.1, 0.15) is 47.1 Å². The minimum Gasteiger partial charge on any atom is -0.456 e. The average Bonchev–Trinajstić information content (AvgIpc) is 3.80. The quantitative estimate of drug-likeness (QED) is 0.126. The van der Waals surface area contributed by atoms with Gasteiger partial charge in [0, 0.05) is 27.6 Å². The smallest absolute Gasteiger partial charge is 0.135 e. The van der Waals surface area contributed by atoms with Crippen LogP contribution >= 0.6 is 0 Å². The zero-order valence-corrected chi connectivity index (χ0v) is 32.7. The molecule has 7 aromatic rings. The molecule has 58 heavy (non-hydrogen) atoms. The van der Waals surface area contributed by atoms with E-state index in [0.29, 0.717) is 0 Å². The van der Waals surface area contributed by atoms with E-state index in [1.165, 1.54) is 56.0 Å². The molecule has 282 valence electrons. The van der Waals surface area contributed by atoms with E-state index in [4.69, 9.17) is 10.2 Å². The van der Waals surface area contributed by atoms with Crippen molar-refractivity contribution in [2.75, 3.05) is 0 Å². The first kappa shape index (κ1) is 37.6. The van der Waals surface area contributed by atoms with Crippen LogP contribution < -0.4 is 5.73 Å². The van der Waals surface area contributed by atoms with Gasteiger partial charge in [0.2, 0.25) is 0 Å². The second-order valence-corrected chi connectivity index (χ2v) is 14.2. The maximum atomic E-state index is 6.31. The van der Waals surface area contributed by atoms with Crippen LogP contribution in [0, 0.1) is 5.92 Å². The number of nitrogens with two attached hydrogens (primary N) is 1. The van der Waals surface area contributed by atoms with Gasteiger partial charge in [-0.1, -0.05) is 170 Å². The molecule has 2 N–H and O–H groups in total. The molecule has 3 heteroatoms. The van der Waals surface area contributed by atoms with Gasteiger partial charge in [0.25, 0.3) is 0 Å². The van der Waals surface area contributed by atoms with Crippen molar-refractivity contribution >= 4 is 57.3 Å². The van der Waals surface area contributed by atoms with E-state index < -0.39 is 0 Å². The summed E-state index contributed by atoms with van der Waals surface area (Å²) in [6, 6.07) is 45.3. The standard InChI is InChI=1S/C55H46N2O/c1-3-16-49-50(55(58-54(49)4-2)25-14-11-19-42(20-15-38-56)41-17-7-5-8-18-41)36-28-40-26-29-43(30-27-40)44-31-33-45(34-32-44)46-35-37-53-51(39-46)48-23-12-13-24-52(48)57(53)47-21-9-6-10-22-47/h3-26,28-40H,2,27,56H2,1H3/b16-3-,19-11-,25-14+,36-28-,38-15+,42-20+. The molecule has 0 saturated heterocycles. The molecule has 1 atom stereocenters. The Morgan fingerprint density at radius 2 is 1.41 bits per heavy atom. The van der Waals surface area contributed by atoms with Gasteiger partial charge >= 0.3 is 0 Å². The number of rotatable bonds is 12. The summed E-state index contributed by atoms with van der Waals surface area (Å²) in [7, 11) is 0. The Kier molecular flexibility index (Phi) is 11.4. The van der Waals surface area contributed by atoms with Crippen molar-refractivity contribution in [3.8, 4) is 16.8 Å². The summed E-state index contributed by atoms with van der Waals surface area (Å²) in [5.74, 6) is 1.80. The second kappa shape index (κ2) is 17.6. The molecular formula is C55H46N2O. The molecule has 3 nitrogen and oxygen atoms in total. The highest BCUT2D eigenvalue weighted by Gasteiger charge is 2.16. The number of hydrogen-bond acceptors (Lipinski definition) is 2. The first-order valence-electron chi connectivity index (χ1n) is 19.8. The Labute approximate surface area is 341 Å². The van der Waals surface area contributed by atoms with Crippen LogP contribution in [0.5, 0.6) is 0 Å². The number of para-hydroxylation sites is 2. The fourth-order valence-electron chi connectivity index (χ4n) is 7.70. The van der Waals surface area contributed by atoms with Crippen LogP contribution in [0.25, 0.3) is 74.1 Å². The summed E-state index contributed by atoms with van der Waals surface area (Å²) < 4.78 is 8.66. The Hall–Kier alpha value is -7.36. The van der Waals surface area contributed by atoms with E-state index in [9.17, 15) is 0 Å². The van der Waals surface area contributed by atoms with Gasteiger partial charge in [0.15, 0.2) is 0 Å². The highest BCUT2D eigenvalue weighted by atomic mass is 16.3. The van der Waals surface area contributed by atoms with Crippen LogP contribution in [-0.4, -0.2) is 4.57 Å². The SMILES string of the molecule is C=Cc1oc(/C=C/C=C\C(=C/C=C/N)c2ccccc2)c(/C=C\C2C=CC(c3ccc(-c4ccc5c(c4)c4ccccc4n5-c4ccccc4)cc3)=CC2)c1/C=C\C. The summed E-state index contributed by atoms with van der Waals surface area (Å²) in [5, 5.41) is 2.52. The Morgan fingerprint density at radius 3 is 2.16 bits per heavy atom. The number of nitrogens with zero attached hydrogens (tertiary/aromatic N) is 1. The van der Waals surface area contributed by atoms with E-state index >= 15 is 0 Å². The monoisotopic (exact) mass is 750 g/mol. The lowest BCUT2D eigenvalue weighted by atomic mass is 9.91. The van der Waals surface area contributed by atoms with Gasteiger partial charge in [-0.25, -0.2) is 0 Å². The lowest BCUT2D eigenvalue weighted by molar-refractivity contribution is 0.546. The second-order valence-electron chi connectivity index (χ2n) is 14.2. The van der Waals surface area contributed by atoms with Gasteiger partial charge in [-0.2, -0.15) is 0 Å². The number of benzene rings is 5. The fourth-order valence-corrected chi connectivity index (χ4v) is 7.70. The minimum atomic E-state index is 0.263. The van der Waals surface area contributed by atoms with Crippen molar-refractivity contribution in [1.82, 2.24) is 4.57 Å². The van der Waals surface area contributed by atoms with Crippen molar-refractivity contribution in [2.45, 2.75) is 13.3 Å². The summed E-state index contributed by atoms with van der Waals surface area (Å²) in [6.07, 6.45) is 31.7. The van der Waals surface area contributed by atoms with Crippen LogP contribution in [0.15, 0.2) is 205 Å². The van der Waals surface area contributed by atoms with Crippen molar-refractivity contribution < 1.29 is 4.42 Å². The average molecular weight is 751 g/mol. The molecule has 2 heterocycles. The van der Waals surface area contributed by atoms with Crippen LogP contribution in [0.2, 0.25) is 0 Å². The molecule has 2 aromatic heterocycles. The van der Waals surface area contributed by atoms with Gasteiger partial charge in [-0.15, -0.1) is 0 Å². The van der Waals surface area contributed by atoms with Crippen molar-refractivity contribution in [1.29, 1.82) is 0 Å². The molecule has 0 bridgehead atoms. The van der Waals surface area contributed by atoms with E-state index in [0.717, 1.165) is 40.2 Å². The molecule has 0 spiro atoms. The summed E-state index contributed by atoms with van der Waals surface area (Å²) in [4.78, 5) is 0. The van der Waals surface area contributed by atoms with Gasteiger partial charge in [-0.05, 0) is 107 Å². The highest BCUT2D eigenvalue weighted by Crippen LogP contribution is 2.36. The van der Waals surface area contributed by atoms with Gasteiger partial charge in [0.05, 0.1) is 11.0 Å². The highest BCUT2D eigenvalue weighted by molar-refractivity contribution is 6.10. The number of fused-ring (bicyclic) bond motifs is 3. The third-order valence-corrected chi connectivity index (χ3v) is 10.6. The minimum absolute atomic E-state index is 0.263. The Balaban J connectivity index is 0.986. The summed E-state index contributed by atoms with van der Waals surface area (Å²) >= 11 is 0. The van der Waals surface area contributed by atoms with E-state index in [2.05, 4.69) is 163 Å². The summed E-state index contributed by atoms with van der Waals surface area (Å²) in [5.41, 5.74) is 18.3. The zero-order valence-electron chi connectivity index (χ0n) is 32.7. The molecular weight excluding hydrogens is 705 g/mol. The maximum Gasteiger partial charge on any atom is 0.135 e. The largest absolute Gasteiger partial charge is 0.456 e. The first-order valence-corrected chi connectivity index (χ1v) is 19.8. The first-order chi connectivity index (χ1) is 28.6.